The third-order valence-electron chi connectivity index (χ3n) is 2.93. The molecule has 0 spiro atoms. The Kier molecular flexibility index (Phi) is 7.52. The second kappa shape index (κ2) is 7.77. The summed E-state index contributed by atoms with van der Waals surface area (Å²) in [5, 5.41) is 2.97. The highest BCUT2D eigenvalue weighted by molar-refractivity contribution is 9.10. The Hall–Kier alpha value is -0.580. The van der Waals surface area contributed by atoms with Crippen molar-refractivity contribution in [1.82, 2.24) is 5.32 Å². The molecule has 1 aromatic carbocycles. The van der Waals surface area contributed by atoms with Crippen LogP contribution in [0.2, 0.25) is 0 Å². The first-order valence-electron chi connectivity index (χ1n) is 5.74. The van der Waals surface area contributed by atoms with Gasteiger partial charge in [-0.25, -0.2) is 0 Å². The summed E-state index contributed by atoms with van der Waals surface area (Å²) in [5.74, 6) is -0.191. The van der Waals surface area contributed by atoms with Crippen molar-refractivity contribution in [3.8, 4) is 0 Å². The Balaban J connectivity index is 0.00000289. The molecule has 0 aliphatic carbocycles. The standard InChI is InChI=1S/C13H19BrN2O.ClH/c1-8(9(2)15)13(17)16-10(3)11-6-4-5-7-12(11)14;/h4-10H,15H2,1-3H3,(H,16,17);1H. The number of nitrogens with two attached hydrogens (primary N) is 1. The molecule has 3 nitrogen and oxygen atoms in total. The first kappa shape index (κ1) is 17.4. The molecule has 0 bridgehead atoms. The van der Waals surface area contributed by atoms with E-state index in [1.807, 2.05) is 45.0 Å². The molecule has 18 heavy (non-hydrogen) atoms. The molecule has 1 aromatic rings. The summed E-state index contributed by atoms with van der Waals surface area (Å²) >= 11 is 3.48. The average Bonchev–Trinajstić information content (AvgIpc) is 2.28. The SMILES string of the molecule is CC(NC(=O)C(C)C(C)N)c1ccccc1Br.Cl. The molecule has 0 aliphatic rings. The number of nitrogens with one attached hydrogen (secondary N) is 1. The van der Waals surface area contributed by atoms with Crippen molar-refractivity contribution in [1.29, 1.82) is 0 Å². The quantitative estimate of drug-likeness (QED) is 0.888. The summed E-state index contributed by atoms with van der Waals surface area (Å²) < 4.78 is 1.00. The number of hydrogen-bond acceptors (Lipinski definition) is 2. The minimum absolute atomic E-state index is 0. The molecular weight excluding hydrogens is 316 g/mol. The van der Waals surface area contributed by atoms with Crippen LogP contribution in [0.25, 0.3) is 0 Å². The van der Waals surface area contributed by atoms with E-state index in [0.29, 0.717) is 0 Å². The van der Waals surface area contributed by atoms with E-state index in [4.69, 9.17) is 5.73 Å². The molecule has 0 aromatic heterocycles. The van der Waals surface area contributed by atoms with E-state index in [1.165, 1.54) is 0 Å². The van der Waals surface area contributed by atoms with Gasteiger partial charge in [0.05, 0.1) is 6.04 Å². The Morgan fingerprint density at radius 2 is 1.83 bits per heavy atom. The maximum atomic E-state index is 11.9. The van der Waals surface area contributed by atoms with Gasteiger partial charge in [0.1, 0.15) is 0 Å². The predicted molar refractivity (Wildman–Crippen MR) is 80.8 cm³/mol. The summed E-state index contributed by atoms with van der Waals surface area (Å²) in [5.41, 5.74) is 6.78. The van der Waals surface area contributed by atoms with Crippen molar-refractivity contribution in [3.63, 3.8) is 0 Å². The number of halogens is 2. The first-order chi connectivity index (χ1) is 7.93. The fourth-order valence-electron chi connectivity index (χ4n) is 1.49. The van der Waals surface area contributed by atoms with Crippen molar-refractivity contribution >= 4 is 34.2 Å². The van der Waals surface area contributed by atoms with Crippen molar-refractivity contribution in [2.75, 3.05) is 0 Å². The van der Waals surface area contributed by atoms with Crippen LogP contribution in [-0.2, 0) is 4.79 Å². The highest BCUT2D eigenvalue weighted by atomic mass is 79.9. The molecule has 3 unspecified atom stereocenters. The molecule has 102 valence electrons. The molecule has 0 saturated carbocycles. The largest absolute Gasteiger partial charge is 0.349 e. The van der Waals surface area contributed by atoms with Crippen molar-refractivity contribution in [3.05, 3.63) is 34.3 Å². The van der Waals surface area contributed by atoms with E-state index in [0.717, 1.165) is 10.0 Å². The second-order valence-electron chi connectivity index (χ2n) is 4.40. The molecule has 0 heterocycles. The molecule has 1 rings (SSSR count). The zero-order chi connectivity index (χ0) is 13.0. The third-order valence-corrected chi connectivity index (χ3v) is 3.65. The fraction of sp³-hybridized carbons (Fsp3) is 0.462. The molecule has 1 amide bonds. The van der Waals surface area contributed by atoms with Gasteiger partial charge in [-0.15, -0.1) is 12.4 Å². The van der Waals surface area contributed by atoms with Crippen LogP contribution in [0, 0.1) is 5.92 Å². The summed E-state index contributed by atoms with van der Waals surface area (Å²) in [7, 11) is 0. The van der Waals surface area contributed by atoms with Crippen LogP contribution in [0.4, 0.5) is 0 Å². The number of rotatable bonds is 4. The van der Waals surface area contributed by atoms with E-state index in [2.05, 4.69) is 21.2 Å². The summed E-state index contributed by atoms with van der Waals surface area (Å²) in [6.45, 7) is 5.64. The first-order valence-corrected chi connectivity index (χ1v) is 6.53. The molecule has 0 saturated heterocycles. The molecular formula is C13H20BrClN2O. The lowest BCUT2D eigenvalue weighted by Gasteiger charge is -2.20. The number of amides is 1. The van der Waals surface area contributed by atoms with Crippen molar-refractivity contribution in [2.45, 2.75) is 32.9 Å². The third kappa shape index (κ3) is 4.59. The second-order valence-corrected chi connectivity index (χ2v) is 5.25. The maximum Gasteiger partial charge on any atom is 0.224 e. The predicted octanol–water partition coefficient (Wildman–Crippen LogP) is 3.03. The van der Waals surface area contributed by atoms with Gasteiger partial charge in [0, 0.05) is 16.4 Å². The average molecular weight is 336 g/mol. The molecule has 0 radical (unpaired) electrons. The van der Waals surface area contributed by atoms with Gasteiger partial charge in [0.15, 0.2) is 0 Å². The smallest absolute Gasteiger partial charge is 0.224 e. The Bertz CT molecular complexity index is 398. The number of benzene rings is 1. The van der Waals surface area contributed by atoms with Crippen LogP contribution in [-0.4, -0.2) is 11.9 Å². The van der Waals surface area contributed by atoms with Crippen LogP contribution >= 0.6 is 28.3 Å². The van der Waals surface area contributed by atoms with Crippen LogP contribution in [0.5, 0.6) is 0 Å². The molecule has 3 atom stereocenters. The van der Waals surface area contributed by atoms with Crippen LogP contribution in [0.3, 0.4) is 0 Å². The van der Waals surface area contributed by atoms with Crippen molar-refractivity contribution in [2.24, 2.45) is 11.7 Å². The monoisotopic (exact) mass is 334 g/mol. The lowest BCUT2D eigenvalue weighted by Crippen LogP contribution is -2.39. The van der Waals surface area contributed by atoms with Crippen molar-refractivity contribution < 1.29 is 4.79 Å². The molecule has 5 heteroatoms. The maximum absolute atomic E-state index is 11.9. The van der Waals surface area contributed by atoms with Gasteiger partial charge in [-0.1, -0.05) is 41.1 Å². The zero-order valence-corrected chi connectivity index (χ0v) is 13.2. The van der Waals surface area contributed by atoms with Crippen LogP contribution in [0.1, 0.15) is 32.4 Å². The fourth-order valence-corrected chi connectivity index (χ4v) is 2.12. The normalized spacial score (nSPS) is 15.2. The topological polar surface area (TPSA) is 55.1 Å². The van der Waals surface area contributed by atoms with Crippen LogP contribution < -0.4 is 11.1 Å². The van der Waals surface area contributed by atoms with Gasteiger partial charge in [0.2, 0.25) is 5.91 Å². The Morgan fingerprint density at radius 3 is 2.33 bits per heavy atom. The Labute approximate surface area is 123 Å². The zero-order valence-electron chi connectivity index (χ0n) is 10.8. The summed E-state index contributed by atoms with van der Waals surface area (Å²) in [4.78, 5) is 11.9. The highest BCUT2D eigenvalue weighted by Crippen LogP contribution is 2.23. The Morgan fingerprint density at radius 1 is 1.28 bits per heavy atom. The highest BCUT2D eigenvalue weighted by Gasteiger charge is 2.19. The van der Waals surface area contributed by atoms with Gasteiger partial charge in [-0.05, 0) is 25.5 Å². The molecule has 0 fully saturated rings. The lowest BCUT2D eigenvalue weighted by molar-refractivity contribution is -0.125. The van der Waals surface area contributed by atoms with Gasteiger partial charge in [-0.2, -0.15) is 0 Å². The van der Waals surface area contributed by atoms with E-state index in [-0.39, 0.29) is 36.3 Å². The minimum atomic E-state index is -0.181. The molecule has 0 aliphatic heterocycles. The van der Waals surface area contributed by atoms with Gasteiger partial charge in [0.25, 0.3) is 0 Å². The van der Waals surface area contributed by atoms with E-state index in [9.17, 15) is 4.79 Å². The van der Waals surface area contributed by atoms with Crippen LogP contribution in [0.15, 0.2) is 28.7 Å². The van der Waals surface area contributed by atoms with E-state index >= 15 is 0 Å². The molecule has 3 N–H and O–H groups in total. The lowest BCUT2D eigenvalue weighted by atomic mass is 10.0. The number of hydrogen-bond donors (Lipinski definition) is 2. The van der Waals surface area contributed by atoms with Gasteiger partial charge in [-0.3, -0.25) is 4.79 Å². The van der Waals surface area contributed by atoms with E-state index in [1.54, 1.807) is 0 Å². The van der Waals surface area contributed by atoms with Gasteiger partial charge < -0.3 is 11.1 Å². The van der Waals surface area contributed by atoms with E-state index < -0.39 is 0 Å². The number of carbonyl (C=O) groups excluding carboxylic acids is 1. The summed E-state index contributed by atoms with van der Waals surface area (Å²) in [6, 6.07) is 7.70. The minimum Gasteiger partial charge on any atom is -0.349 e. The van der Waals surface area contributed by atoms with Gasteiger partial charge >= 0.3 is 0 Å². The summed E-state index contributed by atoms with van der Waals surface area (Å²) in [6.07, 6.45) is 0. The number of carbonyl (C=O) groups is 1.